The molecular formula is C17H20ClFIN5. The summed E-state index contributed by atoms with van der Waals surface area (Å²) in [5, 5.41) is 13.2. The summed E-state index contributed by atoms with van der Waals surface area (Å²) in [6.45, 7) is 3.07. The zero-order valence-corrected chi connectivity index (χ0v) is 17.0. The molecule has 8 heteroatoms. The van der Waals surface area contributed by atoms with Crippen LogP contribution in [0.25, 0.3) is 22.3 Å². The first-order chi connectivity index (χ1) is 12.2. The van der Waals surface area contributed by atoms with Crippen molar-refractivity contribution in [1.29, 1.82) is 0 Å². The minimum absolute atomic E-state index is 0.121. The van der Waals surface area contributed by atoms with Crippen molar-refractivity contribution in [3.05, 3.63) is 29.2 Å². The molecule has 1 fully saturated rings. The molecule has 0 spiro atoms. The molecule has 0 unspecified atom stereocenters. The predicted molar refractivity (Wildman–Crippen MR) is 107 cm³/mol. The number of aromatic nitrogens is 5. The zero-order chi connectivity index (χ0) is 17.4. The number of benzene rings is 1. The Kier molecular flexibility index (Phi) is 4.95. The zero-order valence-electron chi connectivity index (χ0n) is 14.0. The Labute approximate surface area is 161 Å². The molecule has 5 nitrogen and oxygen atoms in total. The third kappa shape index (κ3) is 3.40. The third-order valence-corrected chi connectivity index (χ3v) is 7.49. The van der Waals surface area contributed by atoms with Crippen molar-refractivity contribution in [1.82, 2.24) is 23.0 Å². The molecule has 0 radical (unpaired) electrons. The molecule has 0 N–H and O–H groups in total. The van der Waals surface area contributed by atoms with Gasteiger partial charge in [0.05, 0.1) is 0 Å². The van der Waals surface area contributed by atoms with Gasteiger partial charge in [0.2, 0.25) is 0 Å². The predicted octanol–water partition coefficient (Wildman–Crippen LogP) is 4.76. The second kappa shape index (κ2) is 7.19. The van der Waals surface area contributed by atoms with Crippen LogP contribution in [-0.2, 0) is 6.54 Å². The van der Waals surface area contributed by atoms with E-state index in [0.29, 0.717) is 17.3 Å². The number of tetrazole rings is 1. The quantitative estimate of drug-likeness (QED) is 0.281. The molecule has 25 heavy (non-hydrogen) atoms. The van der Waals surface area contributed by atoms with E-state index in [4.69, 9.17) is 11.6 Å². The Balaban J connectivity index is 1.84. The maximum atomic E-state index is 15.0. The van der Waals surface area contributed by atoms with E-state index in [1.165, 1.54) is 12.8 Å². The molecule has 1 aliphatic rings. The Hall–Kier alpha value is -1.22. The second-order valence-electron chi connectivity index (χ2n) is 6.46. The second-order valence-corrected chi connectivity index (χ2v) is 9.76. The van der Waals surface area contributed by atoms with Gasteiger partial charge in [0.15, 0.2) is 0 Å². The summed E-state index contributed by atoms with van der Waals surface area (Å²) in [6, 6.07) is 3.69. The Morgan fingerprint density at radius 3 is 3.00 bits per heavy atom. The van der Waals surface area contributed by atoms with Crippen LogP contribution in [0.4, 0.5) is 4.39 Å². The van der Waals surface area contributed by atoms with Crippen LogP contribution in [0.5, 0.6) is 0 Å². The number of unbranched alkanes of at least 4 members (excludes halogenated alkanes) is 1. The van der Waals surface area contributed by atoms with E-state index in [2.05, 4.69) is 27.0 Å². The Morgan fingerprint density at radius 2 is 2.24 bits per heavy atom. The number of nitrogens with zero attached hydrogens (tertiary/aromatic N) is 5. The standard InChI is InChI=1S/C17H20ClFIN5/c1-2-3-7-20-25-17(21-22-23-25)14-15(19)13(18)9-12-6-8-24(16(12)14)10-11-4-5-11/h6,8-9,11,20H,2-5,7,10H2,1H3. The van der Waals surface area contributed by atoms with Crippen molar-refractivity contribution < 1.29 is 4.39 Å². The first kappa shape index (κ1) is 17.2. The van der Waals surface area contributed by atoms with Gasteiger partial charge >= 0.3 is 161 Å². The Bertz CT molecular complexity index is 902. The van der Waals surface area contributed by atoms with Crippen molar-refractivity contribution in [2.24, 2.45) is 5.92 Å². The maximum absolute atomic E-state index is 15.0. The summed E-state index contributed by atoms with van der Waals surface area (Å²) in [4.78, 5) is 0. The fraction of sp³-hybridized carbons (Fsp3) is 0.471. The van der Waals surface area contributed by atoms with Crippen LogP contribution in [0, 0.1) is 11.7 Å². The molecule has 1 aliphatic carbocycles. The SMILES string of the molecule is CCCC[IH]n1nnnc1-c1c(F)c(Cl)cc2ccn(CC3CC3)c12. The molecule has 0 atom stereocenters. The molecule has 2 aromatic heterocycles. The topological polar surface area (TPSA) is 48.5 Å². The molecule has 0 saturated heterocycles. The van der Waals surface area contributed by atoms with Gasteiger partial charge in [-0.3, -0.25) is 0 Å². The molecule has 1 saturated carbocycles. The van der Waals surface area contributed by atoms with Gasteiger partial charge in [0, 0.05) is 0 Å². The molecule has 2 heterocycles. The number of rotatable bonds is 7. The number of hydrogen-bond donors (Lipinski definition) is 0. The number of fused-ring (bicyclic) bond motifs is 1. The first-order valence-electron chi connectivity index (χ1n) is 8.58. The summed E-state index contributed by atoms with van der Waals surface area (Å²) in [5.41, 5.74) is 1.30. The summed E-state index contributed by atoms with van der Waals surface area (Å²) in [7, 11) is 0. The monoisotopic (exact) mass is 475 g/mol. The molecule has 4 rings (SSSR count). The van der Waals surface area contributed by atoms with E-state index >= 15 is 4.39 Å². The van der Waals surface area contributed by atoms with Crippen LogP contribution in [0.3, 0.4) is 0 Å². The van der Waals surface area contributed by atoms with Crippen molar-refractivity contribution in [3.8, 4) is 11.4 Å². The van der Waals surface area contributed by atoms with Crippen LogP contribution in [0.15, 0.2) is 18.3 Å². The average Bonchev–Trinajstić information content (AvgIpc) is 3.16. The van der Waals surface area contributed by atoms with Crippen molar-refractivity contribution >= 4 is 44.0 Å². The van der Waals surface area contributed by atoms with E-state index in [9.17, 15) is 0 Å². The summed E-state index contributed by atoms with van der Waals surface area (Å²) < 4.78 is 20.1. The minimum atomic E-state index is -0.604. The molecule has 0 bridgehead atoms. The molecule has 0 aliphatic heterocycles. The van der Waals surface area contributed by atoms with Gasteiger partial charge in [-0.15, -0.1) is 0 Å². The summed E-state index contributed by atoms with van der Waals surface area (Å²) in [6.07, 6.45) is 6.79. The van der Waals surface area contributed by atoms with Gasteiger partial charge in [-0.2, -0.15) is 0 Å². The van der Waals surface area contributed by atoms with E-state index < -0.39 is 27.3 Å². The van der Waals surface area contributed by atoms with E-state index in [1.807, 2.05) is 15.2 Å². The molecular weight excluding hydrogens is 456 g/mol. The fourth-order valence-corrected chi connectivity index (χ4v) is 5.81. The van der Waals surface area contributed by atoms with Crippen molar-refractivity contribution in [3.63, 3.8) is 0 Å². The van der Waals surface area contributed by atoms with Crippen molar-refractivity contribution in [2.45, 2.75) is 39.2 Å². The van der Waals surface area contributed by atoms with Crippen LogP contribution in [-0.4, -0.2) is 27.4 Å². The van der Waals surface area contributed by atoms with E-state index in [-0.39, 0.29) is 5.02 Å². The van der Waals surface area contributed by atoms with Gasteiger partial charge in [0.25, 0.3) is 0 Å². The van der Waals surface area contributed by atoms with Gasteiger partial charge in [-0.1, -0.05) is 0 Å². The number of halogens is 3. The third-order valence-electron chi connectivity index (χ3n) is 4.47. The van der Waals surface area contributed by atoms with Gasteiger partial charge < -0.3 is 0 Å². The van der Waals surface area contributed by atoms with E-state index in [1.54, 1.807) is 6.07 Å². The molecule has 1 aromatic carbocycles. The van der Waals surface area contributed by atoms with Crippen LogP contribution >= 0.6 is 33.1 Å². The normalized spacial score (nSPS) is 14.7. The molecule has 3 aromatic rings. The molecule has 0 amide bonds. The first-order valence-corrected chi connectivity index (χ1v) is 11.6. The summed E-state index contributed by atoms with van der Waals surface area (Å²) in [5.74, 6) is 0.777. The molecule has 134 valence electrons. The number of hydrogen-bond acceptors (Lipinski definition) is 3. The Morgan fingerprint density at radius 1 is 1.40 bits per heavy atom. The fourth-order valence-electron chi connectivity index (χ4n) is 2.96. The van der Waals surface area contributed by atoms with Crippen LogP contribution in [0.1, 0.15) is 32.6 Å². The van der Waals surface area contributed by atoms with Crippen LogP contribution < -0.4 is 0 Å². The number of alkyl halides is 1. The summed E-state index contributed by atoms with van der Waals surface area (Å²) >= 11 is 5.56. The van der Waals surface area contributed by atoms with Gasteiger partial charge in [-0.25, -0.2) is 0 Å². The van der Waals surface area contributed by atoms with Gasteiger partial charge in [-0.05, 0) is 0 Å². The van der Waals surface area contributed by atoms with Crippen molar-refractivity contribution in [2.75, 3.05) is 4.43 Å². The average molecular weight is 476 g/mol. The van der Waals surface area contributed by atoms with Gasteiger partial charge in [0.1, 0.15) is 0 Å². The van der Waals surface area contributed by atoms with E-state index in [0.717, 1.165) is 34.7 Å². The van der Waals surface area contributed by atoms with Crippen LogP contribution in [0.2, 0.25) is 5.02 Å².